The fourth-order valence-electron chi connectivity index (χ4n) is 3.21. The summed E-state index contributed by atoms with van der Waals surface area (Å²) in [5, 5.41) is 24.7. The highest BCUT2D eigenvalue weighted by Crippen LogP contribution is 2.44. The van der Waals surface area contributed by atoms with Gasteiger partial charge in [0, 0.05) is 0 Å². The van der Waals surface area contributed by atoms with E-state index in [1.54, 1.807) is 17.1 Å². The molecule has 8 nitrogen and oxygen atoms in total. The van der Waals surface area contributed by atoms with E-state index in [0.29, 0.717) is 11.5 Å². The first-order chi connectivity index (χ1) is 12.6. The number of allylic oxidation sites excluding steroid dienone is 1. The van der Waals surface area contributed by atoms with Crippen LogP contribution in [0.3, 0.4) is 0 Å². The molecule has 1 atom stereocenters. The van der Waals surface area contributed by atoms with Crippen molar-refractivity contribution in [1.29, 1.82) is 5.26 Å². The van der Waals surface area contributed by atoms with Crippen molar-refractivity contribution in [3.8, 4) is 17.6 Å². The van der Waals surface area contributed by atoms with Crippen LogP contribution in [-0.4, -0.2) is 25.2 Å². The van der Waals surface area contributed by atoms with Gasteiger partial charge in [0.05, 0.1) is 35.3 Å². The van der Waals surface area contributed by atoms with Gasteiger partial charge in [-0.2, -0.15) is 10.4 Å². The van der Waals surface area contributed by atoms with Crippen molar-refractivity contribution in [3.63, 3.8) is 0 Å². The Morgan fingerprint density at radius 3 is 2.69 bits per heavy atom. The summed E-state index contributed by atoms with van der Waals surface area (Å²) in [5.74, 6) is 0.444. The monoisotopic (exact) mass is 347 g/mol. The van der Waals surface area contributed by atoms with E-state index >= 15 is 0 Å². The second kappa shape index (κ2) is 6.04. The van der Waals surface area contributed by atoms with Crippen molar-refractivity contribution in [1.82, 2.24) is 25.2 Å². The standard InChI is InChI=1S/C18H17N7O/c1-10(2)16-15-14(13(9-19)17(20)26-18(15)23-22-16)11-3-5-12(6-4-11)25-8-7-21-24-25/h3-8,10,14H,20H2,1-2H3,(H,22,23). The Balaban J connectivity index is 1.84. The number of nitrogens with one attached hydrogen (secondary N) is 1. The third kappa shape index (κ3) is 2.41. The fourth-order valence-corrected chi connectivity index (χ4v) is 3.21. The molecule has 1 unspecified atom stereocenters. The van der Waals surface area contributed by atoms with Crippen molar-refractivity contribution in [2.45, 2.75) is 25.7 Å². The Labute approximate surface area is 149 Å². The molecule has 26 heavy (non-hydrogen) atoms. The Hall–Kier alpha value is -3.60. The van der Waals surface area contributed by atoms with E-state index in [2.05, 4.69) is 40.4 Å². The van der Waals surface area contributed by atoms with Crippen molar-refractivity contribution < 1.29 is 4.74 Å². The second-order valence-corrected chi connectivity index (χ2v) is 6.37. The van der Waals surface area contributed by atoms with Gasteiger partial charge in [0.15, 0.2) is 0 Å². The molecule has 0 saturated heterocycles. The SMILES string of the molecule is CC(C)c1n[nH]c2c1C(c1ccc(-n3ccnn3)cc1)C(C#N)=C(N)O2. The third-order valence-corrected chi connectivity index (χ3v) is 4.43. The predicted molar refractivity (Wildman–Crippen MR) is 93.3 cm³/mol. The van der Waals surface area contributed by atoms with Gasteiger partial charge < -0.3 is 10.5 Å². The molecular formula is C18H17N7O. The van der Waals surface area contributed by atoms with Crippen LogP contribution in [0.25, 0.3) is 5.69 Å². The topological polar surface area (TPSA) is 118 Å². The second-order valence-electron chi connectivity index (χ2n) is 6.37. The van der Waals surface area contributed by atoms with Crippen molar-refractivity contribution >= 4 is 0 Å². The lowest BCUT2D eigenvalue weighted by molar-refractivity contribution is 0.378. The van der Waals surface area contributed by atoms with E-state index < -0.39 is 0 Å². The van der Waals surface area contributed by atoms with E-state index in [0.717, 1.165) is 22.5 Å². The molecule has 1 aliphatic rings. The summed E-state index contributed by atoms with van der Waals surface area (Å²) >= 11 is 0. The summed E-state index contributed by atoms with van der Waals surface area (Å²) in [6.07, 6.45) is 3.39. The molecular weight excluding hydrogens is 330 g/mol. The lowest BCUT2D eigenvalue weighted by Gasteiger charge is -2.25. The lowest BCUT2D eigenvalue weighted by atomic mass is 9.82. The van der Waals surface area contributed by atoms with E-state index in [4.69, 9.17) is 10.5 Å². The van der Waals surface area contributed by atoms with Gasteiger partial charge in [-0.05, 0) is 23.6 Å². The molecule has 8 heteroatoms. The average molecular weight is 347 g/mol. The Morgan fingerprint density at radius 1 is 1.31 bits per heavy atom. The summed E-state index contributed by atoms with van der Waals surface area (Å²) in [4.78, 5) is 0. The summed E-state index contributed by atoms with van der Waals surface area (Å²) in [7, 11) is 0. The van der Waals surface area contributed by atoms with E-state index in [1.165, 1.54) is 0 Å². The number of ether oxygens (including phenoxy) is 1. The molecule has 0 bridgehead atoms. The molecule has 1 aliphatic heterocycles. The number of benzene rings is 1. The van der Waals surface area contributed by atoms with Gasteiger partial charge in [-0.1, -0.05) is 31.2 Å². The van der Waals surface area contributed by atoms with Crippen LogP contribution < -0.4 is 10.5 Å². The molecule has 1 aromatic carbocycles. The van der Waals surface area contributed by atoms with Gasteiger partial charge in [0.1, 0.15) is 11.6 Å². The molecule has 0 saturated carbocycles. The molecule has 0 aliphatic carbocycles. The molecule has 0 fully saturated rings. The van der Waals surface area contributed by atoms with Crippen LogP contribution in [0.2, 0.25) is 0 Å². The number of nitrogens with zero attached hydrogens (tertiary/aromatic N) is 5. The van der Waals surface area contributed by atoms with E-state index in [-0.39, 0.29) is 17.7 Å². The van der Waals surface area contributed by atoms with E-state index in [9.17, 15) is 5.26 Å². The van der Waals surface area contributed by atoms with Crippen LogP contribution in [0.1, 0.15) is 42.5 Å². The third-order valence-electron chi connectivity index (χ3n) is 4.43. The quantitative estimate of drug-likeness (QED) is 0.750. The van der Waals surface area contributed by atoms with Crippen molar-refractivity contribution in [2.75, 3.05) is 0 Å². The van der Waals surface area contributed by atoms with Gasteiger partial charge in [-0.3, -0.25) is 0 Å². The van der Waals surface area contributed by atoms with Gasteiger partial charge >= 0.3 is 0 Å². The number of aromatic amines is 1. The molecule has 4 rings (SSSR count). The molecule has 0 spiro atoms. The largest absolute Gasteiger partial charge is 0.422 e. The number of fused-ring (bicyclic) bond motifs is 1. The Kier molecular flexibility index (Phi) is 3.69. The minimum atomic E-state index is -0.329. The smallest absolute Gasteiger partial charge is 0.221 e. The first kappa shape index (κ1) is 15.9. The molecule has 130 valence electrons. The highest BCUT2D eigenvalue weighted by molar-refractivity contribution is 5.56. The minimum Gasteiger partial charge on any atom is -0.422 e. The molecule has 0 radical (unpaired) electrons. The van der Waals surface area contributed by atoms with Crippen LogP contribution >= 0.6 is 0 Å². The minimum absolute atomic E-state index is 0.101. The van der Waals surface area contributed by atoms with Crippen LogP contribution in [-0.2, 0) is 0 Å². The lowest BCUT2D eigenvalue weighted by Crippen LogP contribution is -2.21. The number of aromatic nitrogens is 5. The first-order valence-electron chi connectivity index (χ1n) is 8.22. The highest BCUT2D eigenvalue weighted by Gasteiger charge is 2.35. The highest BCUT2D eigenvalue weighted by atomic mass is 16.5. The van der Waals surface area contributed by atoms with Crippen LogP contribution in [0.15, 0.2) is 48.1 Å². The molecule has 3 heterocycles. The van der Waals surface area contributed by atoms with Crippen molar-refractivity contribution in [2.24, 2.45) is 5.73 Å². The fraction of sp³-hybridized carbons (Fsp3) is 0.222. The Bertz CT molecular complexity index is 1010. The van der Waals surface area contributed by atoms with Gasteiger partial charge in [0.2, 0.25) is 11.8 Å². The summed E-state index contributed by atoms with van der Waals surface area (Å²) < 4.78 is 7.27. The molecule has 3 N–H and O–H groups in total. The summed E-state index contributed by atoms with van der Waals surface area (Å²) in [6.45, 7) is 4.10. The number of rotatable bonds is 3. The van der Waals surface area contributed by atoms with E-state index in [1.807, 2.05) is 24.3 Å². The normalized spacial score (nSPS) is 16.3. The maximum Gasteiger partial charge on any atom is 0.221 e. The van der Waals surface area contributed by atoms with Crippen molar-refractivity contribution in [3.05, 3.63) is 64.9 Å². The van der Waals surface area contributed by atoms with Gasteiger partial charge in [-0.15, -0.1) is 5.10 Å². The zero-order valence-corrected chi connectivity index (χ0v) is 14.3. The maximum absolute atomic E-state index is 9.67. The maximum atomic E-state index is 9.67. The van der Waals surface area contributed by atoms with Crippen LogP contribution in [0.4, 0.5) is 0 Å². The Morgan fingerprint density at radius 2 is 2.08 bits per heavy atom. The van der Waals surface area contributed by atoms with Gasteiger partial charge in [-0.25, -0.2) is 9.78 Å². The summed E-state index contributed by atoms with van der Waals surface area (Å²) in [5.41, 5.74) is 9.91. The number of nitrogens with two attached hydrogens (primary N) is 1. The zero-order chi connectivity index (χ0) is 18.3. The zero-order valence-electron chi connectivity index (χ0n) is 14.3. The number of nitriles is 1. The first-order valence-corrected chi connectivity index (χ1v) is 8.22. The molecule has 2 aromatic heterocycles. The van der Waals surface area contributed by atoms with Gasteiger partial charge in [0.25, 0.3) is 0 Å². The predicted octanol–water partition coefficient (Wildman–Crippen LogP) is 2.33. The summed E-state index contributed by atoms with van der Waals surface area (Å²) in [6, 6.07) is 9.98. The number of hydrogen-bond donors (Lipinski definition) is 2. The molecule has 0 amide bonds. The molecule has 3 aromatic rings. The van der Waals surface area contributed by atoms with Crippen LogP contribution in [0.5, 0.6) is 5.88 Å². The number of H-pyrrole nitrogens is 1. The average Bonchev–Trinajstić information content (AvgIpc) is 3.30. The van der Waals surface area contributed by atoms with Crippen LogP contribution in [0, 0.1) is 11.3 Å². The number of hydrogen-bond acceptors (Lipinski definition) is 6.